The molecule has 0 aliphatic carbocycles. The monoisotopic (exact) mass is 189 g/mol. The highest BCUT2D eigenvalue weighted by Crippen LogP contribution is 2.03. The van der Waals surface area contributed by atoms with Gasteiger partial charge in [-0.15, -0.1) is 0 Å². The number of hydrogen-bond donors (Lipinski definition) is 0. The summed E-state index contributed by atoms with van der Waals surface area (Å²) in [5, 5.41) is 8.55. The summed E-state index contributed by atoms with van der Waals surface area (Å²) in [4.78, 5) is 0. The van der Waals surface area contributed by atoms with Crippen LogP contribution in [0.1, 0.15) is 18.9 Å². The Labute approximate surface area is 85.1 Å². The van der Waals surface area contributed by atoms with Crippen LogP contribution in [0, 0.1) is 17.2 Å². The molecule has 0 saturated heterocycles. The molecule has 1 atom stereocenters. The highest BCUT2D eigenvalue weighted by atomic mass is 16.5. The third kappa shape index (κ3) is 4.06. The molecule has 2 heteroatoms. The molecular weight excluding hydrogens is 174 g/mol. The quantitative estimate of drug-likeness (QED) is 0.667. The molecule has 0 N–H and O–H groups in total. The minimum absolute atomic E-state index is 0.0887. The van der Waals surface area contributed by atoms with Gasteiger partial charge in [0.05, 0.1) is 12.7 Å². The molecule has 1 rings (SSSR count). The third-order valence-electron chi connectivity index (χ3n) is 2.03. The van der Waals surface area contributed by atoms with Crippen LogP contribution >= 0.6 is 0 Å². The normalized spacial score (nSPS) is 12.0. The second-order valence-electron chi connectivity index (χ2n) is 3.36. The van der Waals surface area contributed by atoms with E-state index < -0.39 is 0 Å². The minimum atomic E-state index is 0.0887. The lowest BCUT2D eigenvalue weighted by molar-refractivity contribution is 0.113. The highest BCUT2D eigenvalue weighted by molar-refractivity contribution is 5.13. The Morgan fingerprint density at radius 3 is 2.71 bits per heavy atom. The Hall–Kier alpha value is -1.33. The van der Waals surface area contributed by atoms with E-state index in [4.69, 9.17) is 10.00 Å². The molecule has 0 aromatic heterocycles. The van der Waals surface area contributed by atoms with Crippen LogP contribution in [0.3, 0.4) is 0 Å². The number of nitrogens with zero attached hydrogens (tertiary/aromatic N) is 1. The van der Waals surface area contributed by atoms with E-state index in [1.54, 1.807) is 0 Å². The van der Waals surface area contributed by atoms with Gasteiger partial charge in [-0.3, -0.25) is 0 Å². The number of rotatable bonds is 5. The lowest BCUT2D eigenvalue weighted by Gasteiger charge is -2.04. The van der Waals surface area contributed by atoms with Gasteiger partial charge in [0.1, 0.15) is 0 Å². The van der Waals surface area contributed by atoms with Crippen molar-refractivity contribution in [3.05, 3.63) is 35.9 Å². The van der Waals surface area contributed by atoms with Crippen molar-refractivity contribution >= 4 is 0 Å². The summed E-state index contributed by atoms with van der Waals surface area (Å²) >= 11 is 0. The van der Waals surface area contributed by atoms with Crippen LogP contribution in [0.2, 0.25) is 0 Å². The summed E-state index contributed by atoms with van der Waals surface area (Å²) in [6.45, 7) is 3.20. The summed E-state index contributed by atoms with van der Waals surface area (Å²) in [7, 11) is 0. The Morgan fingerprint density at radius 1 is 1.36 bits per heavy atom. The van der Waals surface area contributed by atoms with Crippen LogP contribution in [-0.4, -0.2) is 6.61 Å². The molecular formula is C12H15NO. The Bertz CT molecular complexity index is 289. The molecule has 1 aromatic carbocycles. The fourth-order valence-corrected chi connectivity index (χ4v) is 1.09. The molecule has 0 radical (unpaired) electrons. The first-order chi connectivity index (χ1) is 6.83. The van der Waals surface area contributed by atoms with Gasteiger partial charge in [-0.05, 0) is 18.9 Å². The molecule has 0 amide bonds. The third-order valence-corrected chi connectivity index (χ3v) is 2.03. The maximum atomic E-state index is 8.55. The lowest BCUT2D eigenvalue weighted by atomic mass is 10.1. The number of nitriles is 1. The van der Waals surface area contributed by atoms with E-state index in [1.807, 2.05) is 37.3 Å². The van der Waals surface area contributed by atoms with Crippen molar-refractivity contribution < 1.29 is 4.74 Å². The zero-order valence-corrected chi connectivity index (χ0v) is 8.44. The van der Waals surface area contributed by atoms with Crippen molar-refractivity contribution in [2.75, 3.05) is 6.61 Å². The van der Waals surface area contributed by atoms with E-state index in [0.717, 1.165) is 6.42 Å². The summed E-state index contributed by atoms with van der Waals surface area (Å²) < 4.78 is 5.44. The molecule has 0 fully saturated rings. The molecule has 14 heavy (non-hydrogen) atoms. The summed E-state index contributed by atoms with van der Waals surface area (Å²) in [6, 6.07) is 12.2. The van der Waals surface area contributed by atoms with Gasteiger partial charge in [-0.25, -0.2) is 0 Å². The minimum Gasteiger partial charge on any atom is -0.377 e. The van der Waals surface area contributed by atoms with Crippen molar-refractivity contribution in [2.24, 2.45) is 5.92 Å². The molecule has 0 spiro atoms. The Kier molecular flexibility index (Phi) is 4.74. The van der Waals surface area contributed by atoms with E-state index in [1.165, 1.54) is 5.56 Å². The van der Waals surface area contributed by atoms with Crippen molar-refractivity contribution in [3.63, 3.8) is 0 Å². The first-order valence-corrected chi connectivity index (χ1v) is 4.84. The topological polar surface area (TPSA) is 33.0 Å². The zero-order valence-electron chi connectivity index (χ0n) is 8.44. The fraction of sp³-hybridized carbons (Fsp3) is 0.417. The van der Waals surface area contributed by atoms with E-state index in [9.17, 15) is 0 Å². The average Bonchev–Trinajstić information content (AvgIpc) is 2.25. The smallest absolute Gasteiger partial charge is 0.0716 e. The largest absolute Gasteiger partial charge is 0.377 e. The highest BCUT2D eigenvalue weighted by Gasteiger charge is 1.98. The van der Waals surface area contributed by atoms with Crippen LogP contribution in [-0.2, 0) is 11.3 Å². The molecule has 0 bridgehead atoms. The van der Waals surface area contributed by atoms with Crippen molar-refractivity contribution in [3.8, 4) is 6.07 Å². The first-order valence-electron chi connectivity index (χ1n) is 4.84. The maximum absolute atomic E-state index is 8.55. The van der Waals surface area contributed by atoms with E-state index >= 15 is 0 Å². The number of ether oxygens (including phenoxy) is 1. The van der Waals surface area contributed by atoms with Gasteiger partial charge in [-0.1, -0.05) is 30.3 Å². The standard InChI is InChI=1S/C12H15NO/c1-11(9-13)7-8-14-10-12-5-3-2-4-6-12/h2-6,11H,7-8,10H2,1H3. The van der Waals surface area contributed by atoms with Gasteiger partial charge >= 0.3 is 0 Å². The lowest BCUT2D eigenvalue weighted by Crippen LogP contribution is -2.00. The van der Waals surface area contributed by atoms with Crippen LogP contribution in [0.4, 0.5) is 0 Å². The summed E-state index contributed by atoms with van der Waals surface area (Å²) in [5.41, 5.74) is 1.18. The van der Waals surface area contributed by atoms with Gasteiger partial charge < -0.3 is 4.74 Å². The van der Waals surface area contributed by atoms with Crippen LogP contribution in [0.25, 0.3) is 0 Å². The van der Waals surface area contributed by atoms with Gasteiger partial charge in [0.2, 0.25) is 0 Å². The first kappa shape index (κ1) is 10.7. The number of hydrogen-bond acceptors (Lipinski definition) is 2. The van der Waals surface area contributed by atoms with Crippen LogP contribution in [0.15, 0.2) is 30.3 Å². The van der Waals surface area contributed by atoms with Gasteiger partial charge in [0.25, 0.3) is 0 Å². The number of benzene rings is 1. The average molecular weight is 189 g/mol. The second kappa shape index (κ2) is 6.17. The predicted octanol–water partition coefficient (Wildman–Crippen LogP) is 2.75. The fourth-order valence-electron chi connectivity index (χ4n) is 1.09. The summed E-state index contributed by atoms with van der Waals surface area (Å²) in [6.07, 6.45) is 0.809. The summed E-state index contributed by atoms with van der Waals surface area (Å²) in [5.74, 6) is 0.0887. The molecule has 2 nitrogen and oxygen atoms in total. The molecule has 0 aliphatic heterocycles. The Balaban J connectivity index is 2.14. The Morgan fingerprint density at radius 2 is 2.07 bits per heavy atom. The molecule has 74 valence electrons. The van der Waals surface area contributed by atoms with E-state index in [2.05, 4.69) is 6.07 Å². The van der Waals surface area contributed by atoms with Crippen molar-refractivity contribution in [1.82, 2.24) is 0 Å². The molecule has 1 unspecified atom stereocenters. The van der Waals surface area contributed by atoms with Crippen LogP contribution in [0.5, 0.6) is 0 Å². The second-order valence-corrected chi connectivity index (χ2v) is 3.36. The molecule has 1 aromatic rings. The maximum Gasteiger partial charge on any atom is 0.0716 e. The molecule has 0 saturated carbocycles. The van der Waals surface area contributed by atoms with Gasteiger partial charge in [0.15, 0.2) is 0 Å². The van der Waals surface area contributed by atoms with E-state index in [0.29, 0.717) is 13.2 Å². The van der Waals surface area contributed by atoms with E-state index in [-0.39, 0.29) is 5.92 Å². The molecule has 0 aliphatic rings. The van der Waals surface area contributed by atoms with Crippen LogP contribution < -0.4 is 0 Å². The van der Waals surface area contributed by atoms with Gasteiger partial charge in [0, 0.05) is 12.5 Å². The SMILES string of the molecule is CC(C#N)CCOCc1ccccc1. The molecule has 0 heterocycles. The van der Waals surface area contributed by atoms with Crippen molar-refractivity contribution in [1.29, 1.82) is 5.26 Å². The predicted molar refractivity (Wildman–Crippen MR) is 55.5 cm³/mol. The van der Waals surface area contributed by atoms with Crippen molar-refractivity contribution in [2.45, 2.75) is 20.0 Å². The zero-order chi connectivity index (χ0) is 10.2. The van der Waals surface area contributed by atoms with Gasteiger partial charge in [-0.2, -0.15) is 5.26 Å².